The van der Waals surface area contributed by atoms with Gasteiger partial charge in [0.2, 0.25) is 0 Å². The highest BCUT2D eigenvalue weighted by molar-refractivity contribution is 5.75. The summed E-state index contributed by atoms with van der Waals surface area (Å²) >= 11 is 0. The summed E-state index contributed by atoms with van der Waals surface area (Å²) in [7, 11) is 0. The van der Waals surface area contributed by atoms with Gasteiger partial charge in [0.05, 0.1) is 6.10 Å². The summed E-state index contributed by atoms with van der Waals surface area (Å²) in [6, 6.07) is 0. The standard InChI is InChI=1S/C10H19NO3/c1-4-5-8(12)6-9-10(3,13)11-7(2)14-9/h8-9,12-13H,4-6H2,1-3H3. The molecule has 3 atom stereocenters. The van der Waals surface area contributed by atoms with E-state index in [0.717, 1.165) is 12.8 Å². The zero-order chi connectivity index (χ0) is 10.8. The van der Waals surface area contributed by atoms with E-state index in [1.807, 2.05) is 6.92 Å². The Bertz CT molecular complexity index is 225. The molecule has 4 heteroatoms. The summed E-state index contributed by atoms with van der Waals surface area (Å²) in [6.07, 6.45) is 1.26. The van der Waals surface area contributed by atoms with E-state index in [0.29, 0.717) is 12.3 Å². The lowest BCUT2D eigenvalue weighted by Gasteiger charge is -2.23. The highest BCUT2D eigenvalue weighted by Gasteiger charge is 2.39. The van der Waals surface area contributed by atoms with Gasteiger partial charge in [0, 0.05) is 13.3 Å². The molecule has 1 aliphatic rings. The molecular formula is C10H19NO3. The Hall–Kier alpha value is -0.610. The van der Waals surface area contributed by atoms with Crippen LogP contribution in [-0.2, 0) is 4.74 Å². The fraction of sp³-hybridized carbons (Fsp3) is 0.900. The predicted octanol–water partition coefficient (Wildman–Crippen LogP) is 1.06. The molecule has 0 amide bonds. The molecule has 0 saturated heterocycles. The van der Waals surface area contributed by atoms with Gasteiger partial charge in [-0.2, -0.15) is 0 Å². The number of aliphatic hydroxyl groups excluding tert-OH is 1. The van der Waals surface area contributed by atoms with E-state index in [9.17, 15) is 10.2 Å². The minimum absolute atomic E-state index is 0.413. The lowest BCUT2D eigenvalue weighted by Crippen LogP contribution is -2.37. The van der Waals surface area contributed by atoms with Crippen molar-refractivity contribution in [2.75, 3.05) is 0 Å². The van der Waals surface area contributed by atoms with Gasteiger partial charge < -0.3 is 14.9 Å². The van der Waals surface area contributed by atoms with Gasteiger partial charge >= 0.3 is 0 Å². The summed E-state index contributed by atoms with van der Waals surface area (Å²) in [4.78, 5) is 3.95. The molecule has 3 unspecified atom stereocenters. The molecule has 14 heavy (non-hydrogen) atoms. The first-order valence-corrected chi connectivity index (χ1v) is 5.09. The molecule has 0 fully saturated rings. The van der Waals surface area contributed by atoms with Crippen molar-refractivity contribution < 1.29 is 14.9 Å². The largest absolute Gasteiger partial charge is 0.473 e. The predicted molar refractivity (Wildman–Crippen MR) is 54.1 cm³/mol. The van der Waals surface area contributed by atoms with Crippen molar-refractivity contribution in [1.82, 2.24) is 0 Å². The summed E-state index contributed by atoms with van der Waals surface area (Å²) < 4.78 is 5.33. The maximum atomic E-state index is 9.82. The molecule has 0 radical (unpaired) electrons. The molecule has 82 valence electrons. The van der Waals surface area contributed by atoms with Crippen LogP contribution in [0, 0.1) is 0 Å². The SMILES string of the molecule is CCCC(O)CC1OC(C)=NC1(C)O. The van der Waals surface area contributed by atoms with Crippen LogP contribution in [0.3, 0.4) is 0 Å². The van der Waals surface area contributed by atoms with E-state index >= 15 is 0 Å². The summed E-state index contributed by atoms with van der Waals surface area (Å²) in [6.45, 7) is 5.33. The van der Waals surface area contributed by atoms with E-state index in [1.165, 1.54) is 0 Å². The molecule has 2 N–H and O–H groups in total. The lowest BCUT2D eigenvalue weighted by atomic mass is 10.0. The molecule has 0 aromatic carbocycles. The second-order valence-corrected chi connectivity index (χ2v) is 4.01. The second-order valence-electron chi connectivity index (χ2n) is 4.01. The third-order valence-electron chi connectivity index (χ3n) is 2.41. The van der Waals surface area contributed by atoms with Gasteiger partial charge in [0.1, 0.15) is 0 Å². The Morgan fingerprint density at radius 3 is 2.71 bits per heavy atom. The molecule has 1 rings (SSSR count). The quantitative estimate of drug-likeness (QED) is 0.715. The normalized spacial score (nSPS) is 33.8. The van der Waals surface area contributed by atoms with Gasteiger partial charge in [0.15, 0.2) is 17.7 Å². The molecule has 4 nitrogen and oxygen atoms in total. The molecule has 0 aromatic rings. The molecule has 0 spiro atoms. The van der Waals surface area contributed by atoms with Crippen molar-refractivity contribution in [1.29, 1.82) is 0 Å². The van der Waals surface area contributed by atoms with Crippen molar-refractivity contribution >= 4 is 5.90 Å². The van der Waals surface area contributed by atoms with Crippen LogP contribution in [0.4, 0.5) is 0 Å². The number of hydrogen-bond donors (Lipinski definition) is 2. The highest BCUT2D eigenvalue weighted by Crippen LogP contribution is 2.26. The van der Waals surface area contributed by atoms with Crippen LogP contribution in [0.2, 0.25) is 0 Å². The third kappa shape index (κ3) is 2.69. The Balaban J connectivity index is 2.48. The van der Waals surface area contributed by atoms with Crippen LogP contribution in [-0.4, -0.2) is 34.0 Å². The maximum absolute atomic E-state index is 9.82. The molecule has 1 aliphatic heterocycles. The Morgan fingerprint density at radius 1 is 1.64 bits per heavy atom. The average molecular weight is 201 g/mol. The lowest BCUT2D eigenvalue weighted by molar-refractivity contribution is -0.0437. The number of aliphatic hydroxyl groups is 2. The van der Waals surface area contributed by atoms with Crippen molar-refractivity contribution in [3.63, 3.8) is 0 Å². The van der Waals surface area contributed by atoms with Crippen molar-refractivity contribution in [3.8, 4) is 0 Å². The smallest absolute Gasteiger partial charge is 0.194 e. The van der Waals surface area contributed by atoms with E-state index in [1.54, 1.807) is 13.8 Å². The molecule has 0 aromatic heterocycles. The van der Waals surface area contributed by atoms with E-state index in [4.69, 9.17) is 4.74 Å². The first-order valence-electron chi connectivity index (χ1n) is 5.09. The van der Waals surface area contributed by atoms with Gasteiger partial charge in [0.25, 0.3) is 0 Å². The van der Waals surface area contributed by atoms with Crippen LogP contribution in [0.15, 0.2) is 4.99 Å². The summed E-state index contributed by atoms with van der Waals surface area (Å²) in [5.74, 6) is 0.490. The number of hydrogen-bond acceptors (Lipinski definition) is 4. The minimum Gasteiger partial charge on any atom is -0.473 e. The van der Waals surface area contributed by atoms with Gasteiger partial charge in [-0.15, -0.1) is 0 Å². The summed E-state index contributed by atoms with van der Waals surface area (Å²) in [5.41, 5.74) is -1.18. The van der Waals surface area contributed by atoms with Crippen molar-refractivity contribution in [2.45, 2.75) is 58.0 Å². The number of nitrogens with zero attached hydrogens (tertiary/aromatic N) is 1. The van der Waals surface area contributed by atoms with E-state index in [2.05, 4.69) is 4.99 Å². The maximum Gasteiger partial charge on any atom is 0.194 e. The zero-order valence-electron chi connectivity index (χ0n) is 9.03. The van der Waals surface area contributed by atoms with Crippen LogP contribution < -0.4 is 0 Å². The second kappa shape index (κ2) is 4.28. The van der Waals surface area contributed by atoms with Crippen molar-refractivity contribution in [3.05, 3.63) is 0 Å². The monoisotopic (exact) mass is 201 g/mol. The fourth-order valence-electron chi connectivity index (χ4n) is 1.70. The van der Waals surface area contributed by atoms with E-state index in [-0.39, 0.29) is 0 Å². The Labute approximate surface area is 84.6 Å². The number of rotatable bonds is 4. The molecular weight excluding hydrogens is 182 g/mol. The number of aliphatic imine (C=N–C) groups is 1. The third-order valence-corrected chi connectivity index (χ3v) is 2.41. The molecule has 0 bridgehead atoms. The van der Waals surface area contributed by atoms with Gasteiger partial charge in [-0.05, 0) is 13.3 Å². The van der Waals surface area contributed by atoms with E-state index < -0.39 is 17.9 Å². The fourth-order valence-corrected chi connectivity index (χ4v) is 1.70. The van der Waals surface area contributed by atoms with Crippen LogP contribution in [0.5, 0.6) is 0 Å². The molecule has 0 aliphatic carbocycles. The van der Waals surface area contributed by atoms with Crippen LogP contribution in [0.1, 0.15) is 40.0 Å². The minimum atomic E-state index is -1.18. The Kier molecular flexibility index (Phi) is 3.50. The van der Waals surface area contributed by atoms with Crippen LogP contribution >= 0.6 is 0 Å². The van der Waals surface area contributed by atoms with Crippen molar-refractivity contribution in [2.24, 2.45) is 4.99 Å². The Morgan fingerprint density at radius 2 is 2.29 bits per heavy atom. The topological polar surface area (TPSA) is 62.0 Å². The molecule has 1 heterocycles. The number of ether oxygens (including phenoxy) is 1. The van der Waals surface area contributed by atoms with Gasteiger partial charge in [-0.3, -0.25) is 0 Å². The zero-order valence-corrected chi connectivity index (χ0v) is 9.03. The van der Waals surface area contributed by atoms with Gasteiger partial charge in [-0.1, -0.05) is 13.3 Å². The first-order chi connectivity index (χ1) is 6.45. The van der Waals surface area contributed by atoms with Gasteiger partial charge in [-0.25, -0.2) is 4.99 Å². The summed E-state index contributed by atoms with van der Waals surface area (Å²) in [5, 5.41) is 19.4. The van der Waals surface area contributed by atoms with Crippen LogP contribution in [0.25, 0.3) is 0 Å². The first kappa shape index (κ1) is 11.5. The average Bonchev–Trinajstić information content (AvgIpc) is 2.25. The molecule has 0 saturated carbocycles. The highest BCUT2D eigenvalue weighted by atomic mass is 16.5.